The molecular weight excluding hydrogens is 190 g/mol. The molecule has 0 aliphatic heterocycles. The van der Waals surface area contributed by atoms with Crippen molar-refractivity contribution < 1.29 is 10.2 Å². The van der Waals surface area contributed by atoms with Crippen LogP contribution in [0.5, 0.6) is 0 Å². The molecule has 0 spiro atoms. The Morgan fingerprint density at radius 2 is 1.93 bits per heavy atom. The van der Waals surface area contributed by atoms with E-state index in [1.54, 1.807) is 6.08 Å². The molecular formula is C12H20NO2. The molecule has 4 N–H and O–H groups in total. The zero-order valence-electron chi connectivity index (χ0n) is 9.35. The molecule has 0 saturated heterocycles. The first-order chi connectivity index (χ1) is 7.10. The molecule has 0 heterocycles. The minimum Gasteiger partial charge on any atom is -0.399 e. The minimum absolute atomic E-state index is 0.144. The highest BCUT2D eigenvalue weighted by atomic mass is 16.3. The van der Waals surface area contributed by atoms with Crippen molar-refractivity contribution in [3.8, 4) is 0 Å². The van der Waals surface area contributed by atoms with Crippen LogP contribution in [0.25, 0.3) is 0 Å². The highest BCUT2D eigenvalue weighted by Gasteiger charge is 2.31. The summed E-state index contributed by atoms with van der Waals surface area (Å²) in [5, 5.41) is 19.7. The Labute approximate surface area is 91.3 Å². The number of hydrogen-bond acceptors (Lipinski definition) is 3. The molecule has 3 atom stereocenters. The van der Waals surface area contributed by atoms with Crippen molar-refractivity contribution in [2.24, 2.45) is 11.7 Å². The van der Waals surface area contributed by atoms with E-state index in [0.717, 1.165) is 5.92 Å². The zero-order chi connectivity index (χ0) is 11.4. The van der Waals surface area contributed by atoms with Gasteiger partial charge < -0.3 is 15.9 Å². The van der Waals surface area contributed by atoms with E-state index in [2.05, 4.69) is 0 Å². The van der Waals surface area contributed by atoms with Crippen LogP contribution >= 0.6 is 0 Å². The first-order valence-corrected chi connectivity index (χ1v) is 5.48. The molecule has 3 unspecified atom stereocenters. The second kappa shape index (κ2) is 5.33. The molecule has 15 heavy (non-hydrogen) atoms. The van der Waals surface area contributed by atoms with Crippen LogP contribution in [0, 0.1) is 11.8 Å². The lowest BCUT2D eigenvalue weighted by molar-refractivity contribution is 0.101. The number of aliphatic hydroxyl groups is 2. The normalized spacial score (nSPS) is 26.1. The molecule has 3 nitrogen and oxygen atoms in total. The molecule has 1 radical (unpaired) electrons. The maximum Gasteiger partial charge on any atom is 0.0644 e. The van der Waals surface area contributed by atoms with Crippen LogP contribution < -0.4 is 5.73 Å². The lowest BCUT2D eigenvalue weighted by Crippen LogP contribution is -2.33. The molecule has 1 aliphatic carbocycles. The van der Waals surface area contributed by atoms with Crippen LogP contribution in [-0.4, -0.2) is 22.4 Å². The number of allylic oxidation sites excluding steroid dienone is 1. The van der Waals surface area contributed by atoms with Crippen LogP contribution in [0.2, 0.25) is 0 Å². The van der Waals surface area contributed by atoms with Crippen LogP contribution in [0.4, 0.5) is 0 Å². The lowest BCUT2D eigenvalue weighted by Gasteiger charge is -2.31. The summed E-state index contributed by atoms with van der Waals surface area (Å²) in [6.07, 6.45) is 5.77. The van der Waals surface area contributed by atoms with Crippen molar-refractivity contribution in [2.45, 2.75) is 38.9 Å². The van der Waals surface area contributed by atoms with Gasteiger partial charge in [0.15, 0.2) is 0 Å². The second-order valence-corrected chi connectivity index (χ2v) is 3.93. The maximum absolute atomic E-state index is 9.85. The quantitative estimate of drug-likeness (QED) is 0.651. The van der Waals surface area contributed by atoms with Crippen molar-refractivity contribution in [1.29, 1.82) is 0 Å². The molecule has 0 aromatic rings. The van der Waals surface area contributed by atoms with Gasteiger partial charge in [0.05, 0.1) is 12.2 Å². The van der Waals surface area contributed by atoms with E-state index in [4.69, 9.17) is 5.73 Å². The summed E-state index contributed by atoms with van der Waals surface area (Å²) in [6.45, 7) is 3.84. The van der Waals surface area contributed by atoms with Crippen LogP contribution in [-0.2, 0) is 0 Å². The zero-order valence-corrected chi connectivity index (χ0v) is 9.35. The number of aliphatic hydroxyl groups excluding tert-OH is 2. The van der Waals surface area contributed by atoms with Gasteiger partial charge in [0.1, 0.15) is 0 Å². The Kier molecular flexibility index (Phi) is 4.36. The van der Waals surface area contributed by atoms with Gasteiger partial charge in [-0.15, -0.1) is 0 Å². The average Bonchev–Trinajstić information content (AvgIpc) is 2.26. The van der Waals surface area contributed by atoms with E-state index in [1.807, 2.05) is 26.0 Å². The summed E-state index contributed by atoms with van der Waals surface area (Å²) in [5.74, 6) is 0.719. The summed E-state index contributed by atoms with van der Waals surface area (Å²) in [5.41, 5.74) is 6.34. The standard InChI is InChI=1S/C12H20NO2/c1-3-11(14)9-6-5-8(13)7-10(9)12(15)4-2/h5-7,10-12,14-15H,3-4,13H2,1-2H3. The summed E-state index contributed by atoms with van der Waals surface area (Å²) in [4.78, 5) is 0. The SMILES string of the molecule is CCC(O)[C]1C=CC(N)=CC1C(O)CC. The highest BCUT2D eigenvalue weighted by molar-refractivity contribution is 5.35. The molecule has 0 fully saturated rings. The van der Waals surface area contributed by atoms with Gasteiger partial charge in [-0.25, -0.2) is 0 Å². The summed E-state index contributed by atoms with van der Waals surface area (Å²) in [7, 11) is 0. The number of hydrogen-bond donors (Lipinski definition) is 3. The predicted octanol–water partition coefficient (Wildman–Crippen LogP) is 1.13. The van der Waals surface area contributed by atoms with Crippen molar-refractivity contribution in [2.75, 3.05) is 0 Å². The molecule has 1 rings (SSSR count). The fraction of sp³-hybridized carbons (Fsp3) is 0.583. The largest absolute Gasteiger partial charge is 0.399 e. The molecule has 1 aliphatic rings. The van der Waals surface area contributed by atoms with Crippen molar-refractivity contribution >= 4 is 0 Å². The molecule has 0 bridgehead atoms. The first-order valence-electron chi connectivity index (χ1n) is 5.48. The summed E-state index contributed by atoms with van der Waals surface area (Å²) >= 11 is 0. The third-order valence-corrected chi connectivity index (χ3v) is 2.83. The Bertz CT molecular complexity index is 260. The van der Waals surface area contributed by atoms with Crippen LogP contribution in [0.3, 0.4) is 0 Å². The molecule has 85 valence electrons. The molecule has 0 saturated carbocycles. The van der Waals surface area contributed by atoms with E-state index >= 15 is 0 Å². The smallest absolute Gasteiger partial charge is 0.0644 e. The fourth-order valence-electron chi connectivity index (χ4n) is 1.82. The minimum atomic E-state index is -0.489. The van der Waals surface area contributed by atoms with Gasteiger partial charge in [-0.2, -0.15) is 0 Å². The molecule has 0 aromatic heterocycles. The van der Waals surface area contributed by atoms with Crippen molar-refractivity contribution in [3.05, 3.63) is 29.8 Å². The van der Waals surface area contributed by atoms with Crippen LogP contribution in [0.15, 0.2) is 23.9 Å². The van der Waals surface area contributed by atoms with Gasteiger partial charge in [-0.3, -0.25) is 0 Å². The average molecular weight is 210 g/mol. The third-order valence-electron chi connectivity index (χ3n) is 2.83. The second-order valence-electron chi connectivity index (χ2n) is 3.93. The Balaban J connectivity index is 2.82. The predicted molar refractivity (Wildman–Crippen MR) is 60.7 cm³/mol. The van der Waals surface area contributed by atoms with Gasteiger partial charge in [-0.05, 0) is 18.9 Å². The Morgan fingerprint density at radius 1 is 1.27 bits per heavy atom. The van der Waals surface area contributed by atoms with Crippen molar-refractivity contribution in [1.82, 2.24) is 0 Å². The summed E-state index contributed by atoms with van der Waals surface area (Å²) in [6, 6.07) is 0. The lowest BCUT2D eigenvalue weighted by atomic mass is 9.78. The van der Waals surface area contributed by atoms with E-state index in [-0.39, 0.29) is 5.92 Å². The molecule has 0 amide bonds. The van der Waals surface area contributed by atoms with E-state index in [9.17, 15) is 10.2 Å². The van der Waals surface area contributed by atoms with Gasteiger partial charge in [0, 0.05) is 17.5 Å². The highest BCUT2D eigenvalue weighted by Crippen LogP contribution is 2.31. The van der Waals surface area contributed by atoms with E-state index in [0.29, 0.717) is 18.5 Å². The topological polar surface area (TPSA) is 66.5 Å². The van der Waals surface area contributed by atoms with E-state index in [1.165, 1.54) is 0 Å². The van der Waals surface area contributed by atoms with Gasteiger partial charge in [0.2, 0.25) is 0 Å². The third kappa shape index (κ3) is 2.83. The Hall–Kier alpha value is -0.800. The first kappa shape index (κ1) is 12.3. The van der Waals surface area contributed by atoms with Gasteiger partial charge in [-0.1, -0.05) is 26.0 Å². The molecule has 3 heteroatoms. The maximum atomic E-state index is 9.85. The van der Waals surface area contributed by atoms with Gasteiger partial charge in [0.25, 0.3) is 0 Å². The van der Waals surface area contributed by atoms with Crippen molar-refractivity contribution in [3.63, 3.8) is 0 Å². The number of rotatable bonds is 4. The van der Waals surface area contributed by atoms with Crippen LogP contribution in [0.1, 0.15) is 26.7 Å². The van der Waals surface area contributed by atoms with Gasteiger partial charge >= 0.3 is 0 Å². The molecule has 0 aromatic carbocycles. The number of nitrogens with two attached hydrogens (primary N) is 1. The fourth-order valence-corrected chi connectivity index (χ4v) is 1.82. The Morgan fingerprint density at radius 3 is 2.47 bits per heavy atom. The monoisotopic (exact) mass is 210 g/mol. The summed E-state index contributed by atoms with van der Waals surface area (Å²) < 4.78 is 0. The van der Waals surface area contributed by atoms with E-state index < -0.39 is 12.2 Å².